The second-order valence-electron chi connectivity index (χ2n) is 5.54. The zero-order valence-corrected chi connectivity index (χ0v) is 10.7. The lowest BCUT2D eigenvalue weighted by molar-refractivity contribution is -0.163. The molecule has 15 heavy (non-hydrogen) atoms. The fraction of sp³-hybridized carbons (Fsp3) is 0.917. The SMILES string of the molecule is CC(C)C(=O)O[C@H]([C@@H](C)CO)C(C)(C)C. The van der Waals surface area contributed by atoms with Crippen LogP contribution in [0.3, 0.4) is 0 Å². The van der Waals surface area contributed by atoms with E-state index in [-0.39, 0.29) is 35.9 Å². The first kappa shape index (κ1) is 14.4. The molecule has 0 saturated carbocycles. The molecule has 0 aromatic carbocycles. The van der Waals surface area contributed by atoms with Gasteiger partial charge in [-0.3, -0.25) is 4.79 Å². The number of carbonyl (C=O) groups excluding carboxylic acids is 1. The van der Waals surface area contributed by atoms with Crippen LogP contribution in [-0.2, 0) is 9.53 Å². The Morgan fingerprint density at radius 1 is 1.27 bits per heavy atom. The highest BCUT2D eigenvalue weighted by molar-refractivity contribution is 5.71. The maximum absolute atomic E-state index is 11.5. The molecular weight excluding hydrogens is 192 g/mol. The number of aliphatic hydroxyl groups is 1. The molecule has 0 heterocycles. The van der Waals surface area contributed by atoms with Crippen molar-refractivity contribution in [1.29, 1.82) is 0 Å². The van der Waals surface area contributed by atoms with Gasteiger partial charge in [0.25, 0.3) is 0 Å². The summed E-state index contributed by atoms with van der Waals surface area (Å²) in [6, 6.07) is 0. The summed E-state index contributed by atoms with van der Waals surface area (Å²) < 4.78 is 5.43. The molecule has 0 aliphatic heterocycles. The summed E-state index contributed by atoms with van der Waals surface area (Å²) in [7, 11) is 0. The van der Waals surface area contributed by atoms with Crippen LogP contribution < -0.4 is 0 Å². The van der Waals surface area contributed by atoms with Crippen LogP contribution >= 0.6 is 0 Å². The normalized spacial score (nSPS) is 16.3. The molecule has 0 aliphatic carbocycles. The van der Waals surface area contributed by atoms with Crippen molar-refractivity contribution in [2.45, 2.75) is 47.6 Å². The van der Waals surface area contributed by atoms with E-state index in [1.807, 2.05) is 41.5 Å². The first-order valence-electron chi connectivity index (χ1n) is 5.51. The number of ether oxygens (including phenoxy) is 1. The van der Waals surface area contributed by atoms with Crippen molar-refractivity contribution in [2.24, 2.45) is 17.3 Å². The number of hydrogen-bond acceptors (Lipinski definition) is 3. The summed E-state index contributed by atoms with van der Waals surface area (Å²) in [5.41, 5.74) is -0.146. The predicted octanol–water partition coefficient (Wildman–Crippen LogP) is 2.23. The van der Waals surface area contributed by atoms with E-state index in [4.69, 9.17) is 9.84 Å². The molecule has 0 fully saturated rings. The van der Waals surface area contributed by atoms with E-state index < -0.39 is 0 Å². The van der Waals surface area contributed by atoms with Crippen LogP contribution in [-0.4, -0.2) is 23.8 Å². The summed E-state index contributed by atoms with van der Waals surface area (Å²) in [6.07, 6.45) is -0.239. The van der Waals surface area contributed by atoms with E-state index in [0.717, 1.165) is 0 Å². The molecule has 0 aliphatic rings. The molecule has 0 radical (unpaired) electrons. The number of aliphatic hydroxyl groups excluding tert-OH is 1. The van der Waals surface area contributed by atoms with E-state index in [1.165, 1.54) is 0 Å². The van der Waals surface area contributed by atoms with Gasteiger partial charge >= 0.3 is 5.97 Å². The van der Waals surface area contributed by atoms with E-state index in [1.54, 1.807) is 0 Å². The maximum atomic E-state index is 11.5. The lowest BCUT2D eigenvalue weighted by Crippen LogP contribution is -2.39. The topological polar surface area (TPSA) is 46.5 Å². The maximum Gasteiger partial charge on any atom is 0.308 e. The van der Waals surface area contributed by atoms with Gasteiger partial charge in [0, 0.05) is 12.5 Å². The standard InChI is InChI=1S/C12H24O3/c1-8(2)11(14)15-10(9(3)7-13)12(4,5)6/h8-10,13H,7H2,1-6H3/t9-,10+/m0/s1. The lowest BCUT2D eigenvalue weighted by Gasteiger charge is -2.34. The third-order valence-electron chi connectivity index (χ3n) is 2.37. The van der Waals surface area contributed by atoms with Crippen LogP contribution in [0.1, 0.15) is 41.5 Å². The van der Waals surface area contributed by atoms with Crippen LogP contribution in [0.5, 0.6) is 0 Å². The molecule has 0 saturated heterocycles. The van der Waals surface area contributed by atoms with Gasteiger partial charge in [-0.05, 0) is 5.41 Å². The molecular formula is C12H24O3. The molecule has 0 aromatic heterocycles. The predicted molar refractivity (Wildman–Crippen MR) is 60.4 cm³/mol. The van der Waals surface area contributed by atoms with E-state index in [0.29, 0.717) is 0 Å². The molecule has 3 nitrogen and oxygen atoms in total. The molecule has 0 spiro atoms. The first-order chi connectivity index (χ1) is 6.70. The molecule has 0 unspecified atom stereocenters. The third kappa shape index (κ3) is 4.65. The Balaban J connectivity index is 4.60. The fourth-order valence-corrected chi connectivity index (χ4v) is 1.50. The summed E-state index contributed by atoms with van der Waals surface area (Å²) in [4.78, 5) is 11.5. The Bertz CT molecular complexity index is 203. The van der Waals surface area contributed by atoms with Gasteiger partial charge in [0.05, 0.1) is 5.92 Å². The average Bonchev–Trinajstić information content (AvgIpc) is 2.10. The number of carbonyl (C=O) groups is 1. The summed E-state index contributed by atoms with van der Waals surface area (Å²) in [6.45, 7) is 11.6. The van der Waals surface area contributed by atoms with Gasteiger partial charge in [0.2, 0.25) is 0 Å². The molecule has 0 aromatic rings. The Kier molecular flexibility index (Phi) is 5.29. The van der Waals surface area contributed by atoms with Crippen molar-refractivity contribution < 1.29 is 14.6 Å². The van der Waals surface area contributed by atoms with Crippen LogP contribution in [0.4, 0.5) is 0 Å². The Morgan fingerprint density at radius 3 is 2.00 bits per heavy atom. The molecule has 90 valence electrons. The van der Waals surface area contributed by atoms with Gasteiger partial charge in [0.15, 0.2) is 0 Å². The van der Waals surface area contributed by atoms with Crippen LogP contribution in [0.25, 0.3) is 0 Å². The van der Waals surface area contributed by atoms with E-state index in [9.17, 15) is 4.79 Å². The second kappa shape index (κ2) is 5.50. The summed E-state index contributed by atoms with van der Waals surface area (Å²) in [5.74, 6) is -0.358. The van der Waals surface area contributed by atoms with Crippen molar-refractivity contribution in [3.63, 3.8) is 0 Å². The minimum atomic E-state index is -0.239. The minimum absolute atomic E-state index is 0.0345. The van der Waals surface area contributed by atoms with Gasteiger partial charge in [-0.25, -0.2) is 0 Å². The van der Waals surface area contributed by atoms with Gasteiger partial charge in [0.1, 0.15) is 6.10 Å². The zero-order chi connectivity index (χ0) is 12.2. The van der Waals surface area contributed by atoms with Gasteiger partial charge in [-0.15, -0.1) is 0 Å². The van der Waals surface area contributed by atoms with E-state index in [2.05, 4.69) is 0 Å². The van der Waals surface area contributed by atoms with Gasteiger partial charge < -0.3 is 9.84 Å². The number of hydrogen-bond donors (Lipinski definition) is 1. The Morgan fingerprint density at radius 2 is 1.73 bits per heavy atom. The fourth-order valence-electron chi connectivity index (χ4n) is 1.50. The zero-order valence-electron chi connectivity index (χ0n) is 10.7. The summed E-state index contributed by atoms with van der Waals surface area (Å²) in [5, 5.41) is 9.13. The molecule has 0 bridgehead atoms. The quantitative estimate of drug-likeness (QED) is 0.733. The van der Waals surface area contributed by atoms with Crippen molar-refractivity contribution in [1.82, 2.24) is 0 Å². The van der Waals surface area contributed by atoms with Crippen molar-refractivity contribution in [2.75, 3.05) is 6.61 Å². The van der Waals surface area contributed by atoms with Gasteiger partial charge in [-0.2, -0.15) is 0 Å². The van der Waals surface area contributed by atoms with Crippen molar-refractivity contribution in [3.8, 4) is 0 Å². The van der Waals surface area contributed by atoms with Gasteiger partial charge in [-0.1, -0.05) is 41.5 Å². The van der Waals surface area contributed by atoms with Crippen LogP contribution in [0, 0.1) is 17.3 Å². The van der Waals surface area contributed by atoms with Crippen molar-refractivity contribution in [3.05, 3.63) is 0 Å². The lowest BCUT2D eigenvalue weighted by atomic mass is 9.82. The highest BCUT2D eigenvalue weighted by atomic mass is 16.5. The molecule has 0 amide bonds. The molecule has 3 heteroatoms. The largest absolute Gasteiger partial charge is 0.461 e. The smallest absolute Gasteiger partial charge is 0.308 e. The van der Waals surface area contributed by atoms with E-state index >= 15 is 0 Å². The third-order valence-corrected chi connectivity index (χ3v) is 2.37. The van der Waals surface area contributed by atoms with Crippen LogP contribution in [0.2, 0.25) is 0 Å². The average molecular weight is 216 g/mol. The minimum Gasteiger partial charge on any atom is -0.461 e. The second-order valence-corrected chi connectivity index (χ2v) is 5.54. The highest BCUT2D eigenvalue weighted by Crippen LogP contribution is 2.28. The van der Waals surface area contributed by atoms with Crippen LogP contribution in [0.15, 0.2) is 0 Å². The number of rotatable bonds is 4. The first-order valence-corrected chi connectivity index (χ1v) is 5.51. The van der Waals surface area contributed by atoms with Crippen molar-refractivity contribution >= 4 is 5.97 Å². The monoisotopic (exact) mass is 216 g/mol. The molecule has 1 N–H and O–H groups in total. The Hall–Kier alpha value is -0.570. The highest BCUT2D eigenvalue weighted by Gasteiger charge is 2.33. The summed E-state index contributed by atoms with van der Waals surface area (Å²) >= 11 is 0. The Labute approximate surface area is 92.8 Å². The molecule has 0 rings (SSSR count). The molecule has 2 atom stereocenters. The number of esters is 1.